The van der Waals surface area contributed by atoms with Crippen molar-refractivity contribution in [3.8, 4) is 0 Å². The topological polar surface area (TPSA) is 44.5 Å². The van der Waals surface area contributed by atoms with Crippen LogP contribution >= 0.6 is 0 Å². The Bertz CT molecular complexity index is 229. The monoisotopic (exact) mass is 255 g/mol. The molecule has 0 spiro atoms. The molecule has 4 unspecified atom stereocenters. The minimum atomic E-state index is 0.238. The lowest BCUT2D eigenvalue weighted by Gasteiger charge is -2.35. The minimum Gasteiger partial charge on any atom is -0.376 e. The van der Waals surface area contributed by atoms with Crippen molar-refractivity contribution in [1.82, 2.24) is 0 Å². The van der Waals surface area contributed by atoms with Crippen LogP contribution in [0.2, 0.25) is 0 Å². The maximum atomic E-state index is 6.19. The molecule has 18 heavy (non-hydrogen) atoms. The van der Waals surface area contributed by atoms with Crippen LogP contribution in [0.15, 0.2) is 0 Å². The Balaban J connectivity index is 1.72. The van der Waals surface area contributed by atoms with Gasteiger partial charge in [-0.25, -0.2) is 0 Å². The highest BCUT2D eigenvalue weighted by molar-refractivity contribution is 4.83. The van der Waals surface area contributed by atoms with Crippen molar-refractivity contribution in [2.24, 2.45) is 11.7 Å². The molecule has 1 saturated carbocycles. The largest absolute Gasteiger partial charge is 0.376 e. The zero-order chi connectivity index (χ0) is 12.8. The molecule has 4 atom stereocenters. The van der Waals surface area contributed by atoms with Gasteiger partial charge in [0, 0.05) is 12.6 Å². The highest BCUT2D eigenvalue weighted by atomic mass is 16.5. The smallest absolute Gasteiger partial charge is 0.0808 e. The third-order valence-electron chi connectivity index (χ3n) is 4.42. The number of hydrogen-bond donors (Lipinski definition) is 1. The maximum Gasteiger partial charge on any atom is 0.0808 e. The van der Waals surface area contributed by atoms with E-state index in [1.54, 1.807) is 0 Å². The Labute approximate surface area is 111 Å². The van der Waals surface area contributed by atoms with Crippen molar-refractivity contribution in [2.75, 3.05) is 13.2 Å². The van der Waals surface area contributed by atoms with E-state index in [9.17, 15) is 0 Å². The van der Waals surface area contributed by atoms with E-state index >= 15 is 0 Å². The molecule has 0 amide bonds. The third kappa shape index (κ3) is 4.22. The second kappa shape index (κ2) is 7.46. The first-order chi connectivity index (χ1) is 8.79. The van der Waals surface area contributed by atoms with Crippen molar-refractivity contribution in [1.29, 1.82) is 0 Å². The Morgan fingerprint density at radius 1 is 1.22 bits per heavy atom. The molecule has 0 aromatic carbocycles. The third-order valence-corrected chi connectivity index (χ3v) is 4.42. The molecule has 2 rings (SSSR count). The summed E-state index contributed by atoms with van der Waals surface area (Å²) in [5.74, 6) is 0.826. The van der Waals surface area contributed by atoms with Crippen LogP contribution < -0.4 is 5.73 Å². The molecule has 0 bridgehead atoms. The fraction of sp³-hybridized carbons (Fsp3) is 1.00. The number of ether oxygens (including phenoxy) is 2. The predicted octanol–water partition coefficient (Wildman–Crippen LogP) is 2.87. The minimum absolute atomic E-state index is 0.238. The molecule has 1 heterocycles. The first kappa shape index (κ1) is 14.3. The molecule has 0 aromatic rings. The van der Waals surface area contributed by atoms with Crippen molar-refractivity contribution < 1.29 is 9.47 Å². The highest BCUT2D eigenvalue weighted by Gasteiger charge is 2.29. The van der Waals surface area contributed by atoms with Gasteiger partial charge in [0.2, 0.25) is 0 Å². The van der Waals surface area contributed by atoms with Crippen LogP contribution in [-0.4, -0.2) is 31.5 Å². The lowest BCUT2D eigenvalue weighted by atomic mass is 9.82. The normalized spacial score (nSPS) is 37.7. The van der Waals surface area contributed by atoms with Gasteiger partial charge in [0.1, 0.15) is 0 Å². The van der Waals surface area contributed by atoms with Crippen LogP contribution in [0.5, 0.6) is 0 Å². The van der Waals surface area contributed by atoms with E-state index in [0.717, 1.165) is 38.4 Å². The lowest BCUT2D eigenvalue weighted by molar-refractivity contribution is -0.0797. The Morgan fingerprint density at radius 2 is 2.11 bits per heavy atom. The molecule has 0 radical (unpaired) electrons. The van der Waals surface area contributed by atoms with Crippen molar-refractivity contribution >= 4 is 0 Å². The summed E-state index contributed by atoms with van der Waals surface area (Å²) in [5.41, 5.74) is 6.19. The zero-order valence-corrected chi connectivity index (χ0v) is 11.8. The van der Waals surface area contributed by atoms with E-state index in [0.29, 0.717) is 6.10 Å². The molecule has 0 aromatic heterocycles. The van der Waals surface area contributed by atoms with Crippen molar-refractivity contribution in [3.05, 3.63) is 0 Å². The summed E-state index contributed by atoms with van der Waals surface area (Å²) in [6, 6.07) is 0.238. The number of rotatable bonds is 5. The fourth-order valence-electron chi connectivity index (χ4n) is 3.27. The van der Waals surface area contributed by atoms with Crippen LogP contribution in [0.1, 0.15) is 58.3 Å². The van der Waals surface area contributed by atoms with Gasteiger partial charge >= 0.3 is 0 Å². The van der Waals surface area contributed by atoms with Crippen LogP contribution in [0.25, 0.3) is 0 Å². The predicted molar refractivity (Wildman–Crippen MR) is 73.6 cm³/mol. The highest BCUT2D eigenvalue weighted by Crippen LogP contribution is 2.29. The van der Waals surface area contributed by atoms with Gasteiger partial charge in [-0.1, -0.05) is 19.8 Å². The molecular weight excluding hydrogens is 226 g/mol. The summed E-state index contributed by atoms with van der Waals surface area (Å²) in [6.45, 7) is 3.92. The lowest BCUT2D eigenvalue weighted by Crippen LogP contribution is -2.43. The average Bonchev–Trinajstić information content (AvgIpc) is 2.41. The van der Waals surface area contributed by atoms with E-state index in [2.05, 4.69) is 6.92 Å². The Morgan fingerprint density at radius 3 is 2.83 bits per heavy atom. The molecule has 1 saturated heterocycles. The van der Waals surface area contributed by atoms with Gasteiger partial charge in [-0.05, 0) is 44.4 Å². The van der Waals surface area contributed by atoms with E-state index in [4.69, 9.17) is 15.2 Å². The average molecular weight is 255 g/mol. The first-order valence-corrected chi connectivity index (χ1v) is 7.78. The Kier molecular flexibility index (Phi) is 5.93. The van der Waals surface area contributed by atoms with Gasteiger partial charge < -0.3 is 15.2 Å². The molecule has 3 nitrogen and oxygen atoms in total. The fourth-order valence-corrected chi connectivity index (χ4v) is 3.27. The van der Waals surface area contributed by atoms with Gasteiger partial charge in [-0.3, -0.25) is 0 Å². The molecule has 2 fully saturated rings. The van der Waals surface area contributed by atoms with E-state index < -0.39 is 0 Å². The first-order valence-electron chi connectivity index (χ1n) is 7.78. The SMILES string of the molecule is CCCC1CCC(N)C(OCC2CCCCO2)C1. The summed E-state index contributed by atoms with van der Waals surface area (Å²) in [7, 11) is 0. The van der Waals surface area contributed by atoms with Crippen LogP contribution in [0, 0.1) is 5.92 Å². The van der Waals surface area contributed by atoms with Crippen LogP contribution in [0.4, 0.5) is 0 Å². The van der Waals surface area contributed by atoms with Gasteiger partial charge in [-0.2, -0.15) is 0 Å². The van der Waals surface area contributed by atoms with Crippen LogP contribution in [-0.2, 0) is 9.47 Å². The Hall–Kier alpha value is -0.120. The maximum absolute atomic E-state index is 6.19. The van der Waals surface area contributed by atoms with Crippen molar-refractivity contribution in [2.45, 2.75) is 76.5 Å². The van der Waals surface area contributed by atoms with Gasteiger partial charge in [-0.15, -0.1) is 0 Å². The summed E-state index contributed by atoms with van der Waals surface area (Å²) >= 11 is 0. The standard InChI is InChI=1S/C15H29NO2/c1-2-5-12-7-8-14(16)15(10-12)18-11-13-6-3-4-9-17-13/h12-15H,2-11,16H2,1H3. The van der Waals surface area contributed by atoms with Gasteiger partial charge in [0.15, 0.2) is 0 Å². The van der Waals surface area contributed by atoms with Gasteiger partial charge in [0.25, 0.3) is 0 Å². The molecule has 2 aliphatic rings. The summed E-state index contributed by atoms with van der Waals surface area (Å²) in [6.07, 6.45) is 10.4. The zero-order valence-electron chi connectivity index (χ0n) is 11.8. The molecule has 1 aliphatic heterocycles. The molecule has 3 heteroatoms. The van der Waals surface area contributed by atoms with E-state index in [1.807, 2.05) is 0 Å². The quantitative estimate of drug-likeness (QED) is 0.821. The second-order valence-corrected chi connectivity index (χ2v) is 5.99. The number of hydrogen-bond acceptors (Lipinski definition) is 3. The summed E-state index contributed by atoms with van der Waals surface area (Å²) in [5, 5.41) is 0. The molecule has 1 aliphatic carbocycles. The van der Waals surface area contributed by atoms with E-state index in [1.165, 1.54) is 32.1 Å². The summed E-state index contributed by atoms with van der Waals surface area (Å²) < 4.78 is 11.8. The molecular formula is C15H29NO2. The van der Waals surface area contributed by atoms with Crippen LogP contribution in [0.3, 0.4) is 0 Å². The molecule has 2 N–H and O–H groups in total. The number of nitrogens with two attached hydrogens (primary N) is 1. The van der Waals surface area contributed by atoms with Gasteiger partial charge in [0.05, 0.1) is 18.8 Å². The van der Waals surface area contributed by atoms with Crippen molar-refractivity contribution in [3.63, 3.8) is 0 Å². The summed E-state index contributed by atoms with van der Waals surface area (Å²) in [4.78, 5) is 0. The van der Waals surface area contributed by atoms with E-state index in [-0.39, 0.29) is 12.1 Å². The second-order valence-electron chi connectivity index (χ2n) is 5.99. The molecule has 106 valence electrons.